The first kappa shape index (κ1) is 14.8. The van der Waals surface area contributed by atoms with Crippen molar-refractivity contribution in [2.45, 2.75) is 47.0 Å². The largest absolute Gasteiger partial charge is 0.261 e. The topological polar surface area (TPSA) is 38.7 Å². The highest BCUT2D eigenvalue weighted by atomic mass is 32.1. The summed E-state index contributed by atoms with van der Waals surface area (Å²) in [6.07, 6.45) is 9.01. The Labute approximate surface area is 113 Å². The van der Waals surface area contributed by atoms with E-state index in [0.29, 0.717) is 0 Å². The second-order valence-electron chi connectivity index (χ2n) is 4.25. The van der Waals surface area contributed by atoms with Gasteiger partial charge in [-0.15, -0.1) is 11.3 Å². The quantitative estimate of drug-likeness (QED) is 0.843. The number of aryl methyl sites for hydroxylation is 4. The van der Waals surface area contributed by atoms with Crippen molar-refractivity contribution >= 4 is 11.3 Å². The highest BCUT2D eigenvalue weighted by molar-refractivity contribution is 7.11. The van der Waals surface area contributed by atoms with E-state index in [4.69, 9.17) is 0 Å². The van der Waals surface area contributed by atoms with Gasteiger partial charge in [-0.2, -0.15) is 0 Å². The Morgan fingerprint density at radius 3 is 2.33 bits per heavy atom. The molecule has 0 saturated heterocycles. The maximum Gasteiger partial charge on any atom is 0.0896 e. The molecule has 0 radical (unpaired) electrons. The van der Waals surface area contributed by atoms with E-state index in [0.717, 1.165) is 22.8 Å². The van der Waals surface area contributed by atoms with Crippen LogP contribution in [0.3, 0.4) is 0 Å². The standard InChI is InChI=1S/C9H14N2.C5H7NS/c1-3-4-5-9-7-10-6-8(2)11-9;1-4-3-6-5(2)7-4/h6-7H,3-5H2,1-2H3;3H,1-2H3. The molecule has 18 heavy (non-hydrogen) atoms. The molecular formula is C14H21N3S. The van der Waals surface area contributed by atoms with Gasteiger partial charge in [-0.05, 0) is 33.6 Å². The third-order valence-electron chi connectivity index (χ3n) is 2.33. The minimum absolute atomic E-state index is 1.01. The first-order valence-corrected chi connectivity index (χ1v) is 7.10. The molecule has 2 rings (SSSR count). The van der Waals surface area contributed by atoms with Gasteiger partial charge >= 0.3 is 0 Å². The first-order valence-electron chi connectivity index (χ1n) is 6.28. The number of nitrogens with zero attached hydrogens (tertiary/aromatic N) is 3. The molecule has 2 aromatic rings. The average molecular weight is 263 g/mol. The first-order chi connectivity index (χ1) is 8.61. The van der Waals surface area contributed by atoms with Crippen molar-refractivity contribution < 1.29 is 0 Å². The summed E-state index contributed by atoms with van der Waals surface area (Å²) in [5, 5.41) is 1.15. The zero-order valence-corrected chi connectivity index (χ0v) is 12.4. The molecule has 98 valence electrons. The van der Waals surface area contributed by atoms with Gasteiger partial charge in [0.25, 0.3) is 0 Å². The zero-order valence-electron chi connectivity index (χ0n) is 11.6. The van der Waals surface area contributed by atoms with Gasteiger partial charge in [-0.3, -0.25) is 9.97 Å². The normalized spacial score (nSPS) is 9.78. The summed E-state index contributed by atoms with van der Waals surface area (Å²) in [4.78, 5) is 13.7. The van der Waals surface area contributed by atoms with Crippen LogP contribution < -0.4 is 0 Å². The fraction of sp³-hybridized carbons (Fsp3) is 0.500. The van der Waals surface area contributed by atoms with Crippen molar-refractivity contribution in [3.63, 3.8) is 0 Å². The van der Waals surface area contributed by atoms with Gasteiger partial charge in [0.1, 0.15) is 0 Å². The highest BCUT2D eigenvalue weighted by Gasteiger charge is 1.93. The van der Waals surface area contributed by atoms with Crippen molar-refractivity contribution in [3.05, 3.63) is 39.9 Å². The van der Waals surface area contributed by atoms with Gasteiger partial charge < -0.3 is 0 Å². The molecule has 0 spiro atoms. The van der Waals surface area contributed by atoms with E-state index in [-0.39, 0.29) is 0 Å². The van der Waals surface area contributed by atoms with Crippen molar-refractivity contribution in [2.24, 2.45) is 0 Å². The summed E-state index contributed by atoms with van der Waals surface area (Å²) in [7, 11) is 0. The van der Waals surface area contributed by atoms with Gasteiger partial charge in [0.15, 0.2) is 0 Å². The average Bonchev–Trinajstić information content (AvgIpc) is 2.71. The lowest BCUT2D eigenvalue weighted by molar-refractivity contribution is 0.768. The molecule has 0 aliphatic heterocycles. The second kappa shape index (κ2) is 7.93. The molecule has 0 fully saturated rings. The van der Waals surface area contributed by atoms with Crippen LogP contribution in [0.1, 0.15) is 41.0 Å². The van der Waals surface area contributed by atoms with Crippen LogP contribution in [0.15, 0.2) is 18.6 Å². The fourth-order valence-electron chi connectivity index (χ4n) is 1.46. The van der Waals surface area contributed by atoms with Crippen LogP contribution in [0.5, 0.6) is 0 Å². The molecule has 0 amide bonds. The molecule has 0 N–H and O–H groups in total. The minimum atomic E-state index is 1.01. The Hall–Kier alpha value is -1.29. The lowest BCUT2D eigenvalue weighted by Gasteiger charge is -1.98. The summed E-state index contributed by atoms with van der Waals surface area (Å²) in [5.41, 5.74) is 2.13. The number of unbranched alkanes of at least 4 members (excludes halogenated alkanes) is 1. The summed E-state index contributed by atoms with van der Waals surface area (Å²) >= 11 is 1.73. The van der Waals surface area contributed by atoms with E-state index in [1.54, 1.807) is 17.5 Å². The third-order valence-corrected chi connectivity index (χ3v) is 3.16. The maximum absolute atomic E-state index is 4.35. The Bertz CT molecular complexity index is 449. The molecule has 3 nitrogen and oxygen atoms in total. The highest BCUT2D eigenvalue weighted by Crippen LogP contribution is 2.07. The molecule has 2 aromatic heterocycles. The number of thiazole rings is 1. The SMILES string of the molecule is CCCCc1cncc(C)n1.Cc1cnc(C)s1. The lowest BCUT2D eigenvalue weighted by Crippen LogP contribution is -1.93. The van der Waals surface area contributed by atoms with Crippen molar-refractivity contribution in [2.75, 3.05) is 0 Å². The minimum Gasteiger partial charge on any atom is -0.261 e. The predicted molar refractivity (Wildman–Crippen MR) is 77.0 cm³/mol. The van der Waals surface area contributed by atoms with Gasteiger partial charge in [0.05, 0.1) is 16.4 Å². The van der Waals surface area contributed by atoms with Crippen LogP contribution in [0.2, 0.25) is 0 Å². The second-order valence-corrected chi connectivity index (χ2v) is 5.68. The van der Waals surface area contributed by atoms with Gasteiger partial charge in [-0.1, -0.05) is 13.3 Å². The molecule has 0 aliphatic carbocycles. The van der Waals surface area contributed by atoms with Crippen LogP contribution in [0.25, 0.3) is 0 Å². The monoisotopic (exact) mass is 263 g/mol. The van der Waals surface area contributed by atoms with E-state index in [2.05, 4.69) is 28.8 Å². The maximum atomic E-state index is 4.35. The van der Waals surface area contributed by atoms with E-state index in [1.807, 2.05) is 26.2 Å². The van der Waals surface area contributed by atoms with Gasteiger partial charge in [0, 0.05) is 23.5 Å². The molecule has 0 bridgehead atoms. The molecule has 4 heteroatoms. The molecule has 0 saturated carbocycles. The Kier molecular flexibility index (Phi) is 6.50. The molecule has 0 aromatic carbocycles. The third kappa shape index (κ3) is 5.87. The molecular weight excluding hydrogens is 242 g/mol. The number of aromatic nitrogens is 3. The molecule has 0 unspecified atom stereocenters. The summed E-state index contributed by atoms with van der Waals surface area (Å²) < 4.78 is 0. The van der Waals surface area contributed by atoms with Crippen LogP contribution >= 0.6 is 11.3 Å². The van der Waals surface area contributed by atoms with Crippen LogP contribution in [0, 0.1) is 20.8 Å². The fourth-order valence-corrected chi connectivity index (χ4v) is 2.14. The van der Waals surface area contributed by atoms with E-state index in [1.165, 1.54) is 17.7 Å². The Morgan fingerprint density at radius 2 is 1.89 bits per heavy atom. The van der Waals surface area contributed by atoms with Crippen molar-refractivity contribution in [1.82, 2.24) is 15.0 Å². The van der Waals surface area contributed by atoms with E-state index < -0.39 is 0 Å². The van der Waals surface area contributed by atoms with Gasteiger partial charge in [0.2, 0.25) is 0 Å². The summed E-state index contributed by atoms with van der Waals surface area (Å²) in [6, 6.07) is 0. The molecule has 0 atom stereocenters. The Balaban J connectivity index is 0.000000199. The van der Waals surface area contributed by atoms with Crippen LogP contribution in [0.4, 0.5) is 0 Å². The van der Waals surface area contributed by atoms with Crippen molar-refractivity contribution in [3.8, 4) is 0 Å². The number of rotatable bonds is 3. The number of hydrogen-bond donors (Lipinski definition) is 0. The van der Waals surface area contributed by atoms with E-state index in [9.17, 15) is 0 Å². The molecule has 2 heterocycles. The molecule has 0 aliphatic rings. The van der Waals surface area contributed by atoms with Crippen LogP contribution in [-0.2, 0) is 6.42 Å². The lowest BCUT2D eigenvalue weighted by atomic mass is 10.2. The summed E-state index contributed by atoms with van der Waals surface area (Å²) in [6.45, 7) is 8.23. The van der Waals surface area contributed by atoms with Gasteiger partial charge in [-0.25, -0.2) is 4.98 Å². The van der Waals surface area contributed by atoms with E-state index >= 15 is 0 Å². The smallest absolute Gasteiger partial charge is 0.0896 e. The zero-order chi connectivity index (χ0) is 13.4. The Morgan fingerprint density at radius 1 is 1.11 bits per heavy atom. The summed E-state index contributed by atoms with van der Waals surface area (Å²) in [5.74, 6) is 0. The number of hydrogen-bond acceptors (Lipinski definition) is 4. The van der Waals surface area contributed by atoms with Crippen molar-refractivity contribution in [1.29, 1.82) is 0 Å². The predicted octanol–water partition coefficient (Wildman–Crippen LogP) is 3.89. The van der Waals surface area contributed by atoms with Crippen LogP contribution in [-0.4, -0.2) is 15.0 Å².